The minimum absolute atomic E-state index is 0.0914. The number of aromatic nitrogens is 3. The molecule has 3 rings (SSSR count). The predicted molar refractivity (Wildman–Crippen MR) is 88.6 cm³/mol. The molecule has 0 radical (unpaired) electrons. The highest BCUT2D eigenvalue weighted by molar-refractivity contribution is 5.92. The minimum atomic E-state index is -0.266. The fraction of sp³-hybridized carbons (Fsp3) is 0.294. The van der Waals surface area contributed by atoms with Crippen LogP contribution >= 0.6 is 0 Å². The highest BCUT2D eigenvalue weighted by Gasteiger charge is 2.23. The van der Waals surface area contributed by atoms with Crippen molar-refractivity contribution in [3.8, 4) is 0 Å². The first-order chi connectivity index (χ1) is 11.5. The third-order valence-electron chi connectivity index (χ3n) is 3.71. The van der Waals surface area contributed by atoms with Crippen LogP contribution in [0, 0.1) is 6.92 Å². The number of rotatable bonds is 4. The summed E-state index contributed by atoms with van der Waals surface area (Å²) >= 11 is 0. The van der Waals surface area contributed by atoms with Crippen molar-refractivity contribution in [3.05, 3.63) is 58.0 Å². The van der Waals surface area contributed by atoms with Crippen molar-refractivity contribution in [2.45, 2.75) is 33.4 Å². The molecule has 0 aliphatic rings. The number of nitrogens with zero attached hydrogens (tertiary/aromatic N) is 3. The van der Waals surface area contributed by atoms with Gasteiger partial charge in [-0.05, 0) is 32.9 Å². The summed E-state index contributed by atoms with van der Waals surface area (Å²) in [5.41, 5.74) is 0.623. The summed E-state index contributed by atoms with van der Waals surface area (Å²) in [5.74, 6) is 0.734. The number of aryl methyl sites for hydroxylation is 1. The Balaban J connectivity index is 1.94. The molecule has 0 spiro atoms. The molecule has 124 valence electrons. The molecule has 0 bridgehead atoms. The van der Waals surface area contributed by atoms with Gasteiger partial charge in [-0.15, -0.1) is 0 Å². The fourth-order valence-electron chi connectivity index (χ4n) is 2.47. The Kier molecular flexibility index (Phi) is 4.16. The highest BCUT2D eigenvalue weighted by atomic mass is 16.5. The van der Waals surface area contributed by atoms with Crippen molar-refractivity contribution in [3.63, 3.8) is 0 Å². The zero-order valence-electron chi connectivity index (χ0n) is 13.7. The number of aromatic amines is 1. The average Bonchev–Trinajstić information content (AvgIpc) is 2.98. The molecule has 0 aliphatic heterocycles. The van der Waals surface area contributed by atoms with E-state index in [2.05, 4.69) is 15.1 Å². The molecule has 24 heavy (non-hydrogen) atoms. The van der Waals surface area contributed by atoms with Crippen LogP contribution in [0.25, 0.3) is 10.9 Å². The van der Waals surface area contributed by atoms with Crippen molar-refractivity contribution in [2.75, 3.05) is 0 Å². The number of hydrogen-bond donors (Lipinski definition) is 1. The summed E-state index contributed by atoms with van der Waals surface area (Å²) in [7, 11) is 0. The lowest BCUT2D eigenvalue weighted by molar-refractivity contribution is 0.0674. The highest BCUT2D eigenvalue weighted by Crippen LogP contribution is 2.13. The van der Waals surface area contributed by atoms with E-state index in [9.17, 15) is 9.59 Å². The number of fused-ring (bicyclic) bond motifs is 1. The Labute approximate surface area is 138 Å². The number of carbonyl (C=O) groups is 1. The molecular weight excluding hydrogens is 308 g/mol. The Morgan fingerprint density at radius 1 is 1.33 bits per heavy atom. The van der Waals surface area contributed by atoms with Crippen LogP contribution in [0.5, 0.6) is 0 Å². The van der Waals surface area contributed by atoms with Crippen molar-refractivity contribution < 1.29 is 9.32 Å². The number of hydrogen-bond acceptors (Lipinski definition) is 5. The summed E-state index contributed by atoms with van der Waals surface area (Å²) in [6.07, 6.45) is 0. The molecule has 0 aliphatic carbocycles. The zero-order chi connectivity index (χ0) is 17.3. The molecule has 2 heterocycles. The van der Waals surface area contributed by atoms with E-state index in [1.54, 1.807) is 36.1 Å². The molecule has 0 saturated carbocycles. The second-order valence-corrected chi connectivity index (χ2v) is 5.88. The molecule has 0 fully saturated rings. The number of nitrogens with one attached hydrogen (secondary N) is 1. The van der Waals surface area contributed by atoms with Gasteiger partial charge in [0.15, 0.2) is 5.69 Å². The summed E-state index contributed by atoms with van der Waals surface area (Å²) in [5, 5.41) is 4.29. The van der Waals surface area contributed by atoms with Gasteiger partial charge in [0.05, 0.1) is 17.4 Å². The standard InChI is InChI=1S/C17H18N4O3/c1-10(2)21(17(23)14-8-11(3)24-20-14)9-15-18-13-7-5-4-6-12(13)16(22)19-15/h4-8,10H,9H2,1-3H3,(H,18,19,22). The first-order valence-corrected chi connectivity index (χ1v) is 7.68. The second-order valence-electron chi connectivity index (χ2n) is 5.88. The van der Waals surface area contributed by atoms with Crippen molar-refractivity contribution in [2.24, 2.45) is 0 Å². The van der Waals surface area contributed by atoms with Crippen LogP contribution in [0.1, 0.15) is 35.9 Å². The summed E-state index contributed by atoms with van der Waals surface area (Å²) in [6.45, 7) is 5.70. The molecule has 1 N–H and O–H groups in total. The summed E-state index contributed by atoms with van der Waals surface area (Å²) in [6, 6.07) is 8.60. The van der Waals surface area contributed by atoms with Gasteiger partial charge in [-0.25, -0.2) is 4.98 Å². The van der Waals surface area contributed by atoms with Crippen LogP contribution < -0.4 is 5.56 Å². The molecule has 1 amide bonds. The molecule has 0 unspecified atom stereocenters. The van der Waals surface area contributed by atoms with Gasteiger partial charge in [0.1, 0.15) is 11.6 Å². The van der Waals surface area contributed by atoms with E-state index in [-0.39, 0.29) is 29.7 Å². The van der Waals surface area contributed by atoms with Crippen molar-refractivity contribution >= 4 is 16.8 Å². The Morgan fingerprint density at radius 2 is 2.08 bits per heavy atom. The number of para-hydroxylation sites is 1. The predicted octanol–water partition coefficient (Wildman–Crippen LogP) is 2.27. The largest absolute Gasteiger partial charge is 0.361 e. The number of amides is 1. The van der Waals surface area contributed by atoms with Gasteiger partial charge >= 0.3 is 0 Å². The summed E-state index contributed by atoms with van der Waals surface area (Å²) in [4.78, 5) is 33.6. The van der Waals surface area contributed by atoms with E-state index in [0.717, 1.165) is 0 Å². The Hall–Kier alpha value is -2.96. The summed E-state index contributed by atoms with van der Waals surface area (Å²) < 4.78 is 4.97. The maximum Gasteiger partial charge on any atom is 0.276 e. The van der Waals surface area contributed by atoms with Gasteiger partial charge in [-0.2, -0.15) is 0 Å². The van der Waals surface area contributed by atoms with E-state index in [1.807, 2.05) is 19.9 Å². The zero-order valence-corrected chi connectivity index (χ0v) is 13.7. The first-order valence-electron chi connectivity index (χ1n) is 7.68. The Bertz CT molecular complexity index is 942. The smallest absolute Gasteiger partial charge is 0.276 e. The van der Waals surface area contributed by atoms with E-state index >= 15 is 0 Å². The second kappa shape index (κ2) is 6.27. The first kappa shape index (κ1) is 15.9. The third kappa shape index (κ3) is 3.05. The SMILES string of the molecule is Cc1cc(C(=O)N(Cc2nc3ccccc3c(=O)[nH]2)C(C)C)no1. The quantitative estimate of drug-likeness (QED) is 0.794. The van der Waals surface area contributed by atoms with Crippen molar-refractivity contribution in [1.29, 1.82) is 0 Å². The van der Waals surface area contributed by atoms with Gasteiger partial charge in [0.25, 0.3) is 11.5 Å². The fourth-order valence-corrected chi connectivity index (χ4v) is 2.47. The topological polar surface area (TPSA) is 92.1 Å². The molecular formula is C17H18N4O3. The average molecular weight is 326 g/mol. The van der Waals surface area contributed by atoms with Gasteiger partial charge in [-0.1, -0.05) is 17.3 Å². The number of carbonyl (C=O) groups excluding carboxylic acids is 1. The van der Waals surface area contributed by atoms with Crippen LogP contribution in [-0.4, -0.2) is 32.0 Å². The molecule has 7 nitrogen and oxygen atoms in total. The lowest BCUT2D eigenvalue weighted by Gasteiger charge is -2.25. The third-order valence-corrected chi connectivity index (χ3v) is 3.71. The van der Waals surface area contributed by atoms with Crippen LogP contribution in [0.2, 0.25) is 0 Å². The van der Waals surface area contributed by atoms with E-state index in [0.29, 0.717) is 22.5 Å². The van der Waals surface area contributed by atoms with Gasteiger partial charge in [-0.3, -0.25) is 9.59 Å². The van der Waals surface area contributed by atoms with E-state index < -0.39 is 0 Å². The van der Waals surface area contributed by atoms with Crippen molar-refractivity contribution in [1.82, 2.24) is 20.0 Å². The number of benzene rings is 1. The molecule has 1 aromatic carbocycles. The monoisotopic (exact) mass is 326 g/mol. The Morgan fingerprint density at radius 3 is 2.75 bits per heavy atom. The number of H-pyrrole nitrogens is 1. The van der Waals surface area contributed by atoms with Gasteiger partial charge in [0.2, 0.25) is 0 Å². The van der Waals surface area contributed by atoms with Crippen LogP contribution in [0.15, 0.2) is 39.6 Å². The maximum absolute atomic E-state index is 12.6. The van der Waals surface area contributed by atoms with Gasteiger partial charge in [0, 0.05) is 12.1 Å². The molecule has 2 aromatic heterocycles. The molecule has 3 aromatic rings. The van der Waals surface area contributed by atoms with E-state index in [1.165, 1.54) is 0 Å². The van der Waals surface area contributed by atoms with Crippen LogP contribution in [-0.2, 0) is 6.54 Å². The lowest BCUT2D eigenvalue weighted by Crippen LogP contribution is -2.37. The van der Waals surface area contributed by atoms with Crippen LogP contribution in [0.3, 0.4) is 0 Å². The minimum Gasteiger partial charge on any atom is -0.361 e. The van der Waals surface area contributed by atoms with E-state index in [4.69, 9.17) is 4.52 Å². The normalized spacial score (nSPS) is 11.2. The van der Waals surface area contributed by atoms with Gasteiger partial charge < -0.3 is 14.4 Å². The van der Waals surface area contributed by atoms with Crippen LogP contribution in [0.4, 0.5) is 0 Å². The lowest BCUT2D eigenvalue weighted by atomic mass is 10.2. The molecule has 0 saturated heterocycles. The maximum atomic E-state index is 12.6. The molecule has 7 heteroatoms. The molecule has 0 atom stereocenters.